The lowest BCUT2D eigenvalue weighted by atomic mass is 10.2. The van der Waals surface area contributed by atoms with Crippen molar-refractivity contribution in [3.8, 4) is 5.75 Å². The number of nitrogens with zero attached hydrogens (tertiary/aromatic N) is 1. The summed E-state index contributed by atoms with van der Waals surface area (Å²) in [5.41, 5.74) is 1.06. The van der Waals surface area contributed by atoms with Gasteiger partial charge in [-0.25, -0.2) is 0 Å². The maximum Gasteiger partial charge on any atom is 0.132 e. The molecule has 1 aromatic carbocycles. The van der Waals surface area contributed by atoms with Gasteiger partial charge in [-0.15, -0.1) is 0 Å². The van der Waals surface area contributed by atoms with E-state index in [1.54, 1.807) is 7.11 Å². The first-order valence-corrected chi connectivity index (χ1v) is 5.57. The fourth-order valence-electron chi connectivity index (χ4n) is 2.31. The van der Waals surface area contributed by atoms with Crippen molar-refractivity contribution < 1.29 is 4.74 Å². The zero-order valence-corrected chi connectivity index (χ0v) is 9.23. The summed E-state index contributed by atoms with van der Waals surface area (Å²) >= 11 is 0. The normalized spacial score (nSPS) is 27.2. The Labute approximate surface area is 94.7 Å². The highest BCUT2D eigenvalue weighted by Gasteiger charge is 2.33. The zero-order valence-electron chi connectivity index (χ0n) is 9.23. The molecule has 2 aliphatic rings. The molecule has 1 aromatic rings. The Morgan fingerprint density at radius 2 is 2.19 bits per heavy atom. The standard InChI is InChI=1S/C12H15N3O/c1-16-11-5-3-2-4-8(11)12-14-9-6-13-7-10(9)15-12/h2-5,9-10,13H,6-7H2,1H3,(H,14,15). The van der Waals surface area contributed by atoms with E-state index in [0.29, 0.717) is 12.1 Å². The number of ether oxygens (including phenoxy) is 1. The molecule has 2 N–H and O–H groups in total. The van der Waals surface area contributed by atoms with Crippen molar-refractivity contribution in [2.75, 3.05) is 20.2 Å². The molecule has 0 saturated carbocycles. The summed E-state index contributed by atoms with van der Waals surface area (Å²) in [6.45, 7) is 1.96. The first kappa shape index (κ1) is 9.66. The van der Waals surface area contributed by atoms with Crippen LogP contribution in [-0.2, 0) is 0 Å². The monoisotopic (exact) mass is 217 g/mol. The van der Waals surface area contributed by atoms with Crippen molar-refractivity contribution in [3.05, 3.63) is 29.8 Å². The maximum atomic E-state index is 5.34. The Balaban J connectivity index is 1.93. The molecule has 4 nitrogen and oxygen atoms in total. The van der Waals surface area contributed by atoms with Gasteiger partial charge in [-0.3, -0.25) is 4.99 Å². The fourth-order valence-corrected chi connectivity index (χ4v) is 2.31. The van der Waals surface area contributed by atoms with Crippen LogP contribution in [0.2, 0.25) is 0 Å². The molecule has 0 radical (unpaired) electrons. The molecule has 84 valence electrons. The minimum atomic E-state index is 0.375. The van der Waals surface area contributed by atoms with Crippen molar-refractivity contribution in [2.24, 2.45) is 4.99 Å². The van der Waals surface area contributed by atoms with Gasteiger partial charge in [-0.1, -0.05) is 12.1 Å². The quantitative estimate of drug-likeness (QED) is 0.753. The van der Waals surface area contributed by atoms with Gasteiger partial charge >= 0.3 is 0 Å². The molecule has 0 aromatic heterocycles. The molecule has 0 amide bonds. The van der Waals surface area contributed by atoms with Crippen LogP contribution in [0.15, 0.2) is 29.3 Å². The smallest absolute Gasteiger partial charge is 0.132 e. The third kappa shape index (κ3) is 1.46. The van der Waals surface area contributed by atoms with E-state index < -0.39 is 0 Å². The van der Waals surface area contributed by atoms with E-state index in [4.69, 9.17) is 9.73 Å². The van der Waals surface area contributed by atoms with Gasteiger partial charge in [0.05, 0.1) is 24.8 Å². The van der Waals surface area contributed by atoms with E-state index in [0.717, 1.165) is 30.2 Å². The second-order valence-electron chi connectivity index (χ2n) is 4.15. The topological polar surface area (TPSA) is 45.6 Å². The molecule has 2 heterocycles. The van der Waals surface area contributed by atoms with Crippen LogP contribution >= 0.6 is 0 Å². The first-order chi connectivity index (χ1) is 7.88. The van der Waals surface area contributed by atoms with Crippen LogP contribution in [0.25, 0.3) is 0 Å². The summed E-state index contributed by atoms with van der Waals surface area (Å²) in [4.78, 5) is 4.69. The van der Waals surface area contributed by atoms with E-state index in [-0.39, 0.29) is 0 Å². The molecule has 1 fully saturated rings. The average Bonchev–Trinajstić information content (AvgIpc) is 2.89. The van der Waals surface area contributed by atoms with Crippen molar-refractivity contribution in [1.29, 1.82) is 0 Å². The lowest BCUT2D eigenvalue weighted by Gasteiger charge is -2.11. The number of para-hydroxylation sites is 1. The summed E-state index contributed by atoms with van der Waals surface area (Å²) in [7, 11) is 1.69. The predicted octanol–water partition coefficient (Wildman–Crippen LogP) is 0.385. The van der Waals surface area contributed by atoms with Gasteiger partial charge in [0.15, 0.2) is 0 Å². The van der Waals surface area contributed by atoms with Crippen LogP contribution in [0, 0.1) is 0 Å². The predicted molar refractivity (Wildman–Crippen MR) is 63.1 cm³/mol. The minimum Gasteiger partial charge on any atom is -0.496 e. The van der Waals surface area contributed by atoms with E-state index in [1.807, 2.05) is 24.3 Å². The van der Waals surface area contributed by atoms with Gasteiger partial charge in [0, 0.05) is 13.1 Å². The summed E-state index contributed by atoms with van der Waals surface area (Å²) in [6.07, 6.45) is 0. The average molecular weight is 217 g/mol. The fraction of sp³-hybridized carbons (Fsp3) is 0.417. The van der Waals surface area contributed by atoms with Gasteiger partial charge in [-0.2, -0.15) is 0 Å². The Morgan fingerprint density at radius 3 is 3.00 bits per heavy atom. The van der Waals surface area contributed by atoms with Crippen LogP contribution in [0.3, 0.4) is 0 Å². The molecule has 3 rings (SSSR count). The minimum absolute atomic E-state index is 0.375. The van der Waals surface area contributed by atoms with E-state index in [2.05, 4.69) is 10.6 Å². The Hall–Kier alpha value is -1.55. The molecule has 2 atom stereocenters. The van der Waals surface area contributed by atoms with Gasteiger partial charge < -0.3 is 15.4 Å². The summed E-state index contributed by atoms with van der Waals surface area (Å²) in [5.74, 6) is 1.84. The number of aliphatic imine (C=N–C) groups is 1. The number of benzene rings is 1. The first-order valence-electron chi connectivity index (χ1n) is 5.57. The van der Waals surface area contributed by atoms with Crippen LogP contribution in [0.5, 0.6) is 5.75 Å². The summed E-state index contributed by atoms with van der Waals surface area (Å²) in [5, 5.41) is 6.78. The second-order valence-corrected chi connectivity index (χ2v) is 4.15. The number of methoxy groups -OCH3 is 1. The lowest BCUT2D eigenvalue weighted by molar-refractivity contribution is 0.413. The number of amidine groups is 1. The SMILES string of the molecule is COc1ccccc1C1=NC2CNCC2N1. The Kier molecular flexibility index (Phi) is 2.29. The van der Waals surface area contributed by atoms with Crippen molar-refractivity contribution in [2.45, 2.75) is 12.1 Å². The highest BCUT2D eigenvalue weighted by atomic mass is 16.5. The molecule has 0 spiro atoms. The van der Waals surface area contributed by atoms with Gasteiger partial charge in [0.1, 0.15) is 11.6 Å². The van der Waals surface area contributed by atoms with Crippen molar-refractivity contribution >= 4 is 5.84 Å². The summed E-state index contributed by atoms with van der Waals surface area (Å²) < 4.78 is 5.34. The van der Waals surface area contributed by atoms with Gasteiger partial charge in [0.2, 0.25) is 0 Å². The van der Waals surface area contributed by atoms with E-state index >= 15 is 0 Å². The van der Waals surface area contributed by atoms with E-state index in [1.165, 1.54) is 0 Å². The third-order valence-electron chi connectivity index (χ3n) is 3.16. The molecule has 0 aliphatic carbocycles. The van der Waals surface area contributed by atoms with E-state index in [9.17, 15) is 0 Å². The molecule has 1 saturated heterocycles. The number of rotatable bonds is 2. The third-order valence-corrected chi connectivity index (χ3v) is 3.16. The Bertz CT molecular complexity index is 430. The molecule has 2 unspecified atom stereocenters. The number of hydrogen-bond acceptors (Lipinski definition) is 4. The molecule has 16 heavy (non-hydrogen) atoms. The molecular formula is C12H15N3O. The number of nitrogens with one attached hydrogen (secondary N) is 2. The van der Waals surface area contributed by atoms with Gasteiger partial charge in [0.25, 0.3) is 0 Å². The largest absolute Gasteiger partial charge is 0.496 e. The highest BCUT2D eigenvalue weighted by Crippen LogP contribution is 2.22. The van der Waals surface area contributed by atoms with Crippen LogP contribution in [0.1, 0.15) is 5.56 Å². The van der Waals surface area contributed by atoms with Gasteiger partial charge in [-0.05, 0) is 12.1 Å². The van der Waals surface area contributed by atoms with Crippen LogP contribution in [-0.4, -0.2) is 38.1 Å². The van der Waals surface area contributed by atoms with Crippen LogP contribution in [0.4, 0.5) is 0 Å². The number of fused-ring (bicyclic) bond motifs is 1. The van der Waals surface area contributed by atoms with Crippen molar-refractivity contribution in [1.82, 2.24) is 10.6 Å². The number of hydrogen-bond donors (Lipinski definition) is 2. The van der Waals surface area contributed by atoms with Crippen molar-refractivity contribution in [3.63, 3.8) is 0 Å². The molecule has 4 heteroatoms. The lowest BCUT2D eigenvalue weighted by Crippen LogP contribution is -2.35. The second kappa shape index (κ2) is 3.79. The molecule has 0 bridgehead atoms. The zero-order chi connectivity index (χ0) is 11.0. The summed E-state index contributed by atoms with van der Waals surface area (Å²) in [6, 6.07) is 8.81. The molecule has 2 aliphatic heterocycles. The highest BCUT2D eigenvalue weighted by molar-refractivity contribution is 6.02. The van der Waals surface area contributed by atoms with Crippen LogP contribution < -0.4 is 15.4 Å². The Morgan fingerprint density at radius 1 is 1.31 bits per heavy atom. The molecular weight excluding hydrogens is 202 g/mol. The maximum absolute atomic E-state index is 5.34.